The molecule has 0 atom stereocenters. The molecule has 0 spiro atoms. The summed E-state index contributed by atoms with van der Waals surface area (Å²) in [6.07, 6.45) is 0.726. The summed E-state index contributed by atoms with van der Waals surface area (Å²) in [4.78, 5) is 29.5. The van der Waals surface area contributed by atoms with Gasteiger partial charge in [0.15, 0.2) is 0 Å². The van der Waals surface area contributed by atoms with Crippen molar-refractivity contribution in [2.75, 3.05) is 16.1 Å². The van der Waals surface area contributed by atoms with Crippen molar-refractivity contribution in [1.29, 1.82) is 0 Å². The van der Waals surface area contributed by atoms with Crippen LogP contribution >= 0.6 is 34.3 Å². The number of fused-ring (bicyclic) bond motifs is 1. The summed E-state index contributed by atoms with van der Waals surface area (Å²) in [6, 6.07) is 19.5. The SMILES string of the molecule is Cc1nc(-c2cccc(S(=O)(=O)Nc3ccc(C(=O)O)c(OC(=O)c4ccc(NS(=O)(=O)c5cc(-c6ccc7c(c6)CCO7)c(Cl)s5)cc4O)c3)c2)cs1. The number of aryl methyl sites for hydroxylation is 1. The van der Waals surface area contributed by atoms with Crippen molar-refractivity contribution >= 4 is 77.6 Å². The number of rotatable bonds is 11. The number of thiazole rings is 1. The van der Waals surface area contributed by atoms with Gasteiger partial charge in [0.05, 0.1) is 33.6 Å². The fourth-order valence-electron chi connectivity index (χ4n) is 5.54. The number of aromatic carboxylic acids is 1. The molecule has 0 amide bonds. The molecule has 0 fully saturated rings. The molecule has 2 aromatic heterocycles. The highest BCUT2D eigenvalue weighted by Crippen LogP contribution is 2.41. The summed E-state index contributed by atoms with van der Waals surface area (Å²) in [6.45, 7) is 2.39. The molecule has 4 N–H and O–H groups in total. The molecule has 6 aromatic rings. The Kier molecular flexibility index (Phi) is 9.84. The van der Waals surface area contributed by atoms with E-state index in [0.717, 1.165) is 63.9 Å². The van der Waals surface area contributed by atoms with Crippen LogP contribution in [0, 0.1) is 6.92 Å². The molecule has 0 bridgehead atoms. The summed E-state index contributed by atoms with van der Waals surface area (Å²) in [5.41, 5.74) is 2.29. The van der Waals surface area contributed by atoms with Crippen LogP contribution in [0.4, 0.5) is 11.4 Å². The van der Waals surface area contributed by atoms with Crippen LogP contribution in [0.25, 0.3) is 22.4 Å². The Morgan fingerprint density at radius 2 is 1.63 bits per heavy atom. The first-order chi connectivity index (χ1) is 25.7. The Hall–Kier alpha value is -5.46. The average molecular weight is 824 g/mol. The lowest BCUT2D eigenvalue weighted by atomic mass is 10.0. The number of ether oxygens (including phenoxy) is 2. The lowest BCUT2D eigenvalue weighted by molar-refractivity contribution is 0.0681. The van der Waals surface area contributed by atoms with Crippen molar-refractivity contribution in [2.45, 2.75) is 22.4 Å². The van der Waals surface area contributed by atoms with Crippen molar-refractivity contribution in [3.8, 4) is 39.6 Å². The van der Waals surface area contributed by atoms with Crippen molar-refractivity contribution in [2.24, 2.45) is 0 Å². The van der Waals surface area contributed by atoms with E-state index in [4.69, 9.17) is 21.1 Å². The number of nitrogens with zero attached hydrogens (tertiary/aromatic N) is 1. The number of aromatic nitrogens is 1. The third kappa shape index (κ3) is 7.62. The first-order valence-corrected chi connectivity index (χ1v) is 20.8. The Bertz CT molecular complexity index is 2710. The number of benzene rings is 4. The second-order valence-corrected chi connectivity index (χ2v) is 18.1. The second kappa shape index (κ2) is 14.4. The highest BCUT2D eigenvalue weighted by molar-refractivity contribution is 7.94. The van der Waals surface area contributed by atoms with Gasteiger partial charge in [0.2, 0.25) is 0 Å². The number of carbonyl (C=O) groups is 2. The zero-order valence-electron chi connectivity index (χ0n) is 27.7. The molecule has 276 valence electrons. The molecule has 0 aliphatic carbocycles. The summed E-state index contributed by atoms with van der Waals surface area (Å²) in [5.74, 6) is -3.12. The average Bonchev–Trinajstić information content (AvgIpc) is 3.87. The maximum atomic E-state index is 13.3. The van der Waals surface area contributed by atoms with E-state index in [-0.39, 0.29) is 24.8 Å². The Morgan fingerprint density at radius 3 is 2.35 bits per heavy atom. The van der Waals surface area contributed by atoms with Gasteiger partial charge in [0, 0.05) is 35.1 Å². The van der Waals surface area contributed by atoms with E-state index in [1.54, 1.807) is 29.6 Å². The zero-order chi connectivity index (χ0) is 38.4. The Balaban J connectivity index is 1.08. The van der Waals surface area contributed by atoms with Gasteiger partial charge in [-0.25, -0.2) is 31.4 Å². The topological polar surface area (TPSA) is 198 Å². The number of carbonyl (C=O) groups excluding carboxylic acids is 1. The van der Waals surface area contributed by atoms with Crippen LogP contribution in [0.15, 0.2) is 99.4 Å². The molecule has 13 nitrogen and oxygen atoms in total. The normalized spacial score (nSPS) is 12.5. The molecule has 7 rings (SSSR count). The third-order valence-corrected chi connectivity index (χ3v) is 13.5. The number of thiophene rings is 1. The van der Waals surface area contributed by atoms with Crippen molar-refractivity contribution in [3.05, 3.63) is 116 Å². The predicted octanol–water partition coefficient (Wildman–Crippen LogP) is 7.66. The van der Waals surface area contributed by atoms with E-state index in [0.29, 0.717) is 23.4 Å². The number of carboxylic acid groups (broad SMARTS) is 1. The molecule has 1 aliphatic rings. The van der Waals surface area contributed by atoms with Gasteiger partial charge in [-0.15, -0.1) is 22.7 Å². The number of phenols is 1. The highest BCUT2D eigenvalue weighted by atomic mass is 35.5. The molecule has 3 heterocycles. The highest BCUT2D eigenvalue weighted by Gasteiger charge is 2.25. The largest absolute Gasteiger partial charge is 0.507 e. The number of esters is 1. The number of phenolic OH excluding ortho intramolecular Hbond substituents is 1. The number of sulfonamides is 2. The number of hydrogen-bond donors (Lipinski definition) is 4. The van der Waals surface area contributed by atoms with Crippen LogP contribution in [-0.4, -0.2) is 50.6 Å². The maximum absolute atomic E-state index is 13.3. The first kappa shape index (κ1) is 36.9. The van der Waals surface area contributed by atoms with E-state index in [9.17, 15) is 36.6 Å². The first-order valence-electron chi connectivity index (χ1n) is 15.7. The number of anilines is 2. The predicted molar refractivity (Wildman–Crippen MR) is 204 cm³/mol. The quantitative estimate of drug-likeness (QED) is 0.0739. The number of aromatic hydroxyl groups is 1. The smallest absolute Gasteiger partial charge is 0.347 e. The number of carboxylic acids is 1. The van der Waals surface area contributed by atoms with Gasteiger partial charge in [-0.05, 0) is 72.6 Å². The second-order valence-electron chi connectivity index (χ2n) is 11.8. The standard InChI is InChI=1S/C36H26ClN3O10S4/c1-19-38-29(18-51-19)21-3-2-4-25(14-21)53(45,46)39-24-7-9-27(35(42)43)32(16-24)50-36(44)26-8-6-23(15-30(26)41)40-54(47,48)33-17-28(34(37)52-33)20-5-10-31-22(13-20)11-12-49-31/h2-10,13-18,39-41H,11-12H2,1H3,(H,42,43). The van der Waals surface area contributed by atoms with Gasteiger partial charge in [0.25, 0.3) is 20.0 Å². The lowest BCUT2D eigenvalue weighted by Gasteiger charge is -2.13. The van der Waals surface area contributed by atoms with Crippen LogP contribution in [0.5, 0.6) is 17.2 Å². The molecule has 1 aliphatic heterocycles. The fourth-order valence-corrected chi connectivity index (χ4v) is 10.1. The zero-order valence-corrected chi connectivity index (χ0v) is 31.7. The van der Waals surface area contributed by atoms with Gasteiger partial charge in [-0.3, -0.25) is 9.44 Å². The van der Waals surface area contributed by atoms with E-state index in [2.05, 4.69) is 14.4 Å². The fraction of sp³-hybridized carbons (Fsp3) is 0.0833. The van der Waals surface area contributed by atoms with Crippen molar-refractivity contribution in [3.63, 3.8) is 0 Å². The molecule has 0 saturated carbocycles. The molecule has 54 heavy (non-hydrogen) atoms. The Labute approximate surface area is 321 Å². The minimum Gasteiger partial charge on any atom is -0.507 e. The van der Waals surface area contributed by atoms with Gasteiger partial charge in [-0.1, -0.05) is 29.8 Å². The third-order valence-electron chi connectivity index (χ3n) is 8.13. The van der Waals surface area contributed by atoms with Crippen LogP contribution in [0.2, 0.25) is 4.34 Å². The van der Waals surface area contributed by atoms with Crippen molar-refractivity contribution in [1.82, 2.24) is 4.98 Å². The number of halogens is 1. The van der Waals surface area contributed by atoms with E-state index in [1.165, 1.54) is 41.7 Å². The molecular formula is C36H26ClN3O10S4. The number of hydrogen-bond acceptors (Lipinski definition) is 12. The van der Waals surface area contributed by atoms with Crippen LogP contribution in [0.3, 0.4) is 0 Å². The van der Waals surface area contributed by atoms with E-state index < -0.39 is 54.6 Å². The molecule has 0 radical (unpaired) electrons. The van der Waals surface area contributed by atoms with Crippen LogP contribution < -0.4 is 18.9 Å². The van der Waals surface area contributed by atoms with Gasteiger partial charge in [0.1, 0.15) is 36.9 Å². The van der Waals surface area contributed by atoms with Crippen molar-refractivity contribution < 1.29 is 46.1 Å². The van der Waals surface area contributed by atoms with E-state index in [1.807, 2.05) is 13.0 Å². The summed E-state index contributed by atoms with van der Waals surface area (Å²) in [7, 11) is -8.40. The maximum Gasteiger partial charge on any atom is 0.347 e. The number of nitrogens with one attached hydrogen (secondary N) is 2. The summed E-state index contributed by atoms with van der Waals surface area (Å²) >= 11 is 8.70. The molecule has 4 aromatic carbocycles. The van der Waals surface area contributed by atoms with Crippen LogP contribution in [0.1, 0.15) is 31.3 Å². The van der Waals surface area contributed by atoms with Crippen LogP contribution in [-0.2, 0) is 26.5 Å². The minimum atomic E-state index is -4.20. The van der Waals surface area contributed by atoms with Gasteiger partial charge in [-0.2, -0.15) is 0 Å². The molecule has 0 unspecified atom stereocenters. The molecule has 0 saturated heterocycles. The summed E-state index contributed by atoms with van der Waals surface area (Å²) < 4.78 is 69.0. The summed E-state index contributed by atoms with van der Waals surface area (Å²) in [5, 5.41) is 23.1. The van der Waals surface area contributed by atoms with Gasteiger partial charge >= 0.3 is 11.9 Å². The van der Waals surface area contributed by atoms with Gasteiger partial charge < -0.3 is 19.7 Å². The minimum absolute atomic E-state index is 0.0932. The Morgan fingerprint density at radius 1 is 0.889 bits per heavy atom. The molecule has 18 heteroatoms. The monoisotopic (exact) mass is 823 g/mol. The lowest BCUT2D eigenvalue weighted by Crippen LogP contribution is -2.15. The molecular weight excluding hydrogens is 798 g/mol. The van der Waals surface area contributed by atoms with E-state index >= 15 is 0 Å².